The van der Waals surface area contributed by atoms with Gasteiger partial charge in [-0.3, -0.25) is 4.79 Å². The number of rotatable bonds is 5. The predicted molar refractivity (Wildman–Crippen MR) is 108 cm³/mol. The topological polar surface area (TPSA) is 55.1 Å². The SMILES string of the molecule is Cc1ccc(-c2cnc(CCC(=O)Nc3ccccc3I)o2)cc1C. The van der Waals surface area contributed by atoms with Crippen LogP contribution in [0.1, 0.15) is 23.4 Å². The van der Waals surface area contributed by atoms with Gasteiger partial charge >= 0.3 is 0 Å². The zero-order chi connectivity index (χ0) is 17.8. The Morgan fingerprint density at radius 1 is 1.16 bits per heavy atom. The quantitative estimate of drug-likeness (QED) is 0.553. The smallest absolute Gasteiger partial charge is 0.224 e. The molecule has 1 amide bonds. The molecule has 1 N–H and O–H groups in total. The summed E-state index contributed by atoms with van der Waals surface area (Å²) in [5, 5.41) is 2.92. The number of anilines is 1. The lowest BCUT2D eigenvalue weighted by Gasteiger charge is -2.06. The van der Waals surface area contributed by atoms with Gasteiger partial charge in [0.1, 0.15) is 0 Å². The van der Waals surface area contributed by atoms with Crippen molar-refractivity contribution in [1.82, 2.24) is 4.98 Å². The fourth-order valence-electron chi connectivity index (χ4n) is 2.45. The fraction of sp³-hybridized carbons (Fsp3) is 0.200. The lowest BCUT2D eigenvalue weighted by Crippen LogP contribution is -2.13. The Kier molecular flexibility index (Phi) is 5.53. The number of para-hydroxylation sites is 1. The van der Waals surface area contributed by atoms with E-state index < -0.39 is 0 Å². The van der Waals surface area contributed by atoms with Crippen LogP contribution in [0, 0.1) is 17.4 Å². The third-order valence-electron chi connectivity index (χ3n) is 4.06. The first kappa shape index (κ1) is 17.7. The van der Waals surface area contributed by atoms with E-state index in [0.717, 1.165) is 20.6 Å². The number of halogens is 1. The predicted octanol–water partition coefficient (Wildman–Crippen LogP) is 5.13. The Balaban J connectivity index is 1.61. The number of carbonyl (C=O) groups excluding carboxylic acids is 1. The van der Waals surface area contributed by atoms with Crippen molar-refractivity contribution >= 4 is 34.2 Å². The number of nitrogens with zero attached hydrogens (tertiary/aromatic N) is 1. The largest absolute Gasteiger partial charge is 0.441 e. The number of hydrogen-bond donors (Lipinski definition) is 1. The molecule has 1 heterocycles. The minimum absolute atomic E-state index is 0.0463. The van der Waals surface area contributed by atoms with Crippen molar-refractivity contribution in [3.8, 4) is 11.3 Å². The van der Waals surface area contributed by atoms with Gasteiger partial charge in [-0.05, 0) is 65.8 Å². The van der Waals surface area contributed by atoms with E-state index in [9.17, 15) is 4.79 Å². The molecule has 0 saturated carbocycles. The molecule has 0 saturated heterocycles. The number of aryl methyl sites for hydroxylation is 3. The van der Waals surface area contributed by atoms with Crippen molar-refractivity contribution in [2.75, 3.05) is 5.32 Å². The lowest BCUT2D eigenvalue weighted by molar-refractivity contribution is -0.116. The summed E-state index contributed by atoms with van der Waals surface area (Å²) >= 11 is 2.20. The molecule has 128 valence electrons. The fourth-order valence-corrected chi connectivity index (χ4v) is 2.97. The Bertz CT molecular complexity index is 902. The normalized spacial score (nSPS) is 10.7. The third kappa shape index (κ3) is 4.48. The van der Waals surface area contributed by atoms with Gasteiger partial charge in [-0.2, -0.15) is 0 Å². The number of carbonyl (C=O) groups is 1. The van der Waals surface area contributed by atoms with Gasteiger partial charge < -0.3 is 9.73 Å². The Morgan fingerprint density at radius 2 is 1.96 bits per heavy atom. The van der Waals surface area contributed by atoms with E-state index in [1.165, 1.54) is 11.1 Å². The number of oxazole rings is 1. The Hall–Kier alpha value is -2.15. The molecule has 0 radical (unpaired) electrons. The van der Waals surface area contributed by atoms with E-state index in [-0.39, 0.29) is 5.91 Å². The summed E-state index contributed by atoms with van der Waals surface area (Å²) in [5.74, 6) is 1.26. The van der Waals surface area contributed by atoms with E-state index in [1.54, 1.807) is 6.20 Å². The summed E-state index contributed by atoms with van der Waals surface area (Å²) in [7, 11) is 0. The maximum atomic E-state index is 12.1. The molecule has 0 aliphatic carbocycles. The third-order valence-corrected chi connectivity index (χ3v) is 5.00. The van der Waals surface area contributed by atoms with Crippen LogP contribution in [0.4, 0.5) is 5.69 Å². The lowest BCUT2D eigenvalue weighted by atomic mass is 10.1. The van der Waals surface area contributed by atoms with Crippen LogP contribution < -0.4 is 5.32 Å². The number of amides is 1. The highest BCUT2D eigenvalue weighted by Crippen LogP contribution is 2.23. The summed E-state index contributed by atoms with van der Waals surface area (Å²) in [6, 6.07) is 13.9. The molecule has 0 spiro atoms. The van der Waals surface area contributed by atoms with Crippen LogP contribution in [0.25, 0.3) is 11.3 Å². The second-order valence-electron chi connectivity index (χ2n) is 5.95. The highest BCUT2D eigenvalue weighted by atomic mass is 127. The van der Waals surface area contributed by atoms with Crippen molar-refractivity contribution in [2.45, 2.75) is 26.7 Å². The average molecular weight is 446 g/mol. The van der Waals surface area contributed by atoms with E-state index in [2.05, 4.69) is 58.9 Å². The first-order valence-electron chi connectivity index (χ1n) is 8.09. The molecule has 0 atom stereocenters. The van der Waals surface area contributed by atoms with Crippen molar-refractivity contribution in [2.24, 2.45) is 0 Å². The molecule has 25 heavy (non-hydrogen) atoms. The monoisotopic (exact) mass is 446 g/mol. The minimum atomic E-state index is -0.0463. The van der Waals surface area contributed by atoms with Gasteiger partial charge in [0.05, 0.1) is 11.9 Å². The molecule has 0 aliphatic heterocycles. The van der Waals surface area contributed by atoms with Crippen molar-refractivity contribution in [1.29, 1.82) is 0 Å². The molecule has 3 rings (SSSR count). The zero-order valence-corrected chi connectivity index (χ0v) is 16.3. The maximum Gasteiger partial charge on any atom is 0.224 e. The van der Waals surface area contributed by atoms with E-state index in [4.69, 9.17) is 4.42 Å². The number of benzene rings is 2. The molecule has 1 aromatic heterocycles. The second kappa shape index (κ2) is 7.82. The minimum Gasteiger partial charge on any atom is -0.441 e. The molecular formula is C20H19IN2O2. The van der Waals surface area contributed by atoms with Gasteiger partial charge in [-0.1, -0.05) is 24.3 Å². The summed E-state index contributed by atoms with van der Waals surface area (Å²) in [4.78, 5) is 16.4. The second-order valence-corrected chi connectivity index (χ2v) is 7.11. The molecule has 4 nitrogen and oxygen atoms in total. The van der Waals surface area contributed by atoms with E-state index in [1.807, 2.05) is 30.3 Å². The molecule has 0 aliphatic rings. The van der Waals surface area contributed by atoms with Crippen molar-refractivity contribution < 1.29 is 9.21 Å². The molecule has 0 bridgehead atoms. The molecular weight excluding hydrogens is 427 g/mol. The maximum absolute atomic E-state index is 12.1. The highest BCUT2D eigenvalue weighted by molar-refractivity contribution is 14.1. The molecule has 0 fully saturated rings. The standard InChI is InChI=1S/C20H19IN2O2/c1-13-7-8-15(11-14(13)2)18-12-22-20(25-18)10-9-19(24)23-17-6-4-3-5-16(17)21/h3-8,11-12H,9-10H2,1-2H3,(H,23,24). The molecule has 3 aromatic rings. The van der Waals surface area contributed by atoms with Crippen LogP contribution in [0.3, 0.4) is 0 Å². The molecule has 2 aromatic carbocycles. The summed E-state index contributed by atoms with van der Waals surface area (Å²) in [5.41, 5.74) is 4.30. The molecule has 0 unspecified atom stereocenters. The number of nitrogens with one attached hydrogen (secondary N) is 1. The Labute approximate surface area is 160 Å². The van der Waals surface area contributed by atoms with Gasteiger partial charge in [0.15, 0.2) is 11.7 Å². The average Bonchev–Trinajstić information content (AvgIpc) is 3.07. The van der Waals surface area contributed by atoms with Gasteiger partial charge in [0.25, 0.3) is 0 Å². The van der Waals surface area contributed by atoms with Crippen LogP contribution in [0.5, 0.6) is 0 Å². The van der Waals surface area contributed by atoms with E-state index in [0.29, 0.717) is 18.7 Å². The van der Waals surface area contributed by atoms with Crippen LogP contribution in [0.2, 0.25) is 0 Å². The number of hydrogen-bond acceptors (Lipinski definition) is 3. The summed E-state index contributed by atoms with van der Waals surface area (Å²) < 4.78 is 6.81. The molecule has 5 heteroatoms. The van der Waals surface area contributed by atoms with Gasteiger partial charge in [0, 0.05) is 22.0 Å². The van der Waals surface area contributed by atoms with Crippen LogP contribution >= 0.6 is 22.6 Å². The van der Waals surface area contributed by atoms with Crippen LogP contribution in [-0.2, 0) is 11.2 Å². The van der Waals surface area contributed by atoms with Crippen molar-refractivity contribution in [3.63, 3.8) is 0 Å². The van der Waals surface area contributed by atoms with Gasteiger partial charge in [0.2, 0.25) is 5.91 Å². The highest BCUT2D eigenvalue weighted by Gasteiger charge is 2.10. The summed E-state index contributed by atoms with van der Waals surface area (Å²) in [6.45, 7) is 4.16. The first-order valence-corrected chi connectivity index (χ1v) is 9.17. The van der Waals surface area contributed by atoms with Gasteiger partial charge in [-0.15, -0.1) is 0 Å². The zero-order valence-electron chi connectivity index (χ0n) is 14.2. The van der Waals surface area contributed by atoms with Crippen molar-refractivity contribution in [3.05, 3.63) is 69.2 Å². The van der Waals surface area contributed by atoms with Gasteiger partial charge in [-0.25, -0.2) is 4.98 Å². The van der Waals surface area contributed by atoms with Crippen LogP contribution in [0.15, 0.2) is 53.1 Å². The Morgan fingerprint density at radius 3 is 2.72 bits per heavy atom. The van der Waals surface area contributed by atoms with E-state index >= 15 is 0 Å². The summed E-state index contributed by atoms with van der Waals surface area (Å²) in [6.07, 6.45) is 2.52. The van der Waals surface area contributed by atoms with Crippen LogP contribution in [-0.4, -0.2) is 10.9 Å². The first-order chi connectivity index (χ1) is 12.0. The number of aromatic nitrogens is 1.